The molecule has 3 nitrogen and oxygen atoms in total. The Morgan fingerprint density at radius 1 is 1.35 bits per heavy atom. The second-order valence-corrected chi connectivity index (χ2v) is 5.82. The van der Waals surface area contributed by atoms with Gasteiger partial charge < -0.3 is 4.90 Å². The number of hydrogen-bond donors (Lipinski definition) is 0. The largest absolute Gasteiger partial charge is 0.345 e. The van der Waals surface area contributed by atoms with Crippen molar-refractivity contribution in [2.24, 2.45) is 5.92 Å². The number of nitrogens with zero attached hydrogens (tertiary/aromatic N) is 2. The standard InChI is InChI=1S/C17H26N2O/c1-3-4-11-18(2)17(20)16-10-12-19(14-16)13-15-8-6-5-7-9-15/h5-9,16H,3-4,10-14H2,1-2H3. The second kappa shape index (κ2) is 7.44. The Kier molecular flexibility index (Phi) is 5.60. The molecule has 0 aliphatic carbocycles. The highest BCUT2D eigenvalue weighted by molar-refractivity contribution is 5.79. The fraction of sp³-hybridized carbons (Fsp3) is 0.588. The van der Waals surface area contributed by atoms with E-state index in [2.05, 4.69) is 36.1 Å². The van der Waals surface area contributed by atoms with Crippen LogP contribution in [0.4, 0.5) is 0 Å². The summed E-state index contributed by atoms with van der Waals surface area (Å²) in [5.74, 6) is 0.523. The van der Waals surface area contributed by atoms with Crippen LogP contribution in [0.5, 0.6) is 0 Å². The summed E-state index contributed by atoms with van der Waals surface area (Å²) in [5, 5.41) is 0. The van der Waals surface area contributed by atoms with Crippen molar-refractivity contribution >= 4 is 5.91 Å². The van der Waals surface area contributed by atoms with Crippen LogP contribution in [0.25, 0.3) is 0 Å². The third-order valence-corrected chi connectivity index (χ3v) is 4.09. The smallest absolute Gasteiger partial charge is 0.226 e. The Morgan fingerprint density at radius 2 is 2.10 bits per heavy atom. The number of likely N-dealkylation sites (tertiary alicyclic amines) is 1. The Bertz CT molecular complexity index is 418. The molecule has 0 saturated carbocycles. The van der Waals surface area contributed by atoms with Gasteiger partial charge in [-0.1, -0.05) is 43.7 Å². The highest BCUT2D eigenvalue weighted by Gasteiger charge is 2.29. The van der Waals surface area contributed by atoms with Gasteiger partial charge in [0, 0.05) is 26.7 Å². The third-order valence-electron chi connectivity index (χ3n) is 4.09. The first-order chi connectivity index (χ1) is 9.70. The first-order valence-corrected chi connectivity index (χ1v) is 7.72. The zero-order valence-corrected chi connectivity index (χ0v) is 12.7. The number of hydrogen-bond acceptors (Lipinski definition) is 2. The second-order valence-electron chi connectivity index (χ2n) is 5.82. The van der Waals surface area contributed by atoms with Gasteiger partial charge in [0.1, 0.15) is 0 Å². The van der Waals surface area contributed by atoms with Gasteiger partial charge in [0.25, 0.3) is 0 Å². The van der Waals surface area contributed by atoms with Gasteiger partial charge in [-0.2, -0.15) is 0 Å². The van der Waals surface area contributed by atoms with Crippen molar-refractivity contribution < 1.29 is 4.79 Å². The van der Waals surface area contributed by atoms with E-state index in [-0.39, 0.29) is 5.92 Å². The van der Waals surface area contributed by atoms with Gasteiger partial charge in [-0.25, -0.2) is 0 Å². The van der Waals surface area contributed by atoms with E-state index in [0.29, 0.717) is 5.91 Å². The molecule has 1 atom stereocenters. The lowest BCUT2D eigenvalue weighted by atomic mass is 10.1. The molecular formula is C17H26N2O. The predicted molar refractivity (Wildman–Crippen MR) is 82.4 cm³/mol. The van der Waals surface area contributed by atoms with Gasteiger partial charge in [-0.3, -0.25) is 9.69 Å². The lowest BCUT2D eigenvalue weighted by Crippen LogP contribution is -2.35. The van der Waals surface area contributed by atoms with Gasteiger partial charge in [-0.15, -0.1) is 0 Å². The number of carbonyl (C=O) groups excluding carboxylic acids is 1. The van der Waals surface area contributed by atoms with Gasteiger partial charge >= 0.3 is 0 Å². The fourth-order valence-electron chi connectivity index (χ4n) is 2.84. The number of benzene rings is 1. The normalized spacial score (nSPS) is 19.2. The van der Waals surface area contributed by atoms with E-state index in [1.54, 1.807) is 0 Å². The molecule has 1 amide bonds. The molecule has 0 bridgehead atoms. The van der Waals surface area contributed by atoms with Crippen LogP contribution in [0, 0.1) is 5.92 Å². The quantitative estimate of drug-likeness (QED) is 0.796. The summed E-state index contributed by atoms with van der Waals surface area (Å²) >= 11 is 0. The van der Waals surface area contributed by atoms with Crippen LogP contribution in [-0.4, -0.2) is 42.4 Å². The van der Waals surface area contributed by atoms with E-state index in [1.165, 1.54) is 5.56 Å². The fourth-order valence-corrected chi connectivity index (χ4v) is 2.84. The first kappa shape index (κ1) is 15.0. The van der Waals surface area contributed by atoms with Crippen LogP contribution in [-0.2, 0) is 11.3 Å². The molecule has 0 aromatic heterocycles. The molecule has 0 spiro atoms. The molecule has 0 N–H and O–H groups in total. The van der Waals surface area contributed by atoms with Gasteiger partial charge in [0.05, 0.1) is 5.92 Å². The minimum Gasteiger partial charge on any atom is -0.345 e. The first-order valence-electron chi connectivity index (χ1n) is 7.72. The van der Waals surface area contributed by atoms with Crippen molar-refractivity contribution in [1.29, 1.82) is 0 Å². The van der Waals surface area contributed by atoms with E-state index in [1.807, 2.05) is 18.0 Å². The van der Waals surface area contributed by atoms with Crippen molar-refractivity contribution in [2.45, 2.75) is 32.7 Å². The Morgan fingerprint density at radius 3 is 2.80 bits per heavy atom. The van der Waals surface area contributed by atoms with E-state index >= 15 is 0 Å². The maximum absolute atomic E-state index is 12.3. The van der Waals surface area contributed by atoms with Crippen molar-refractivity contribution in [2.75, 3.05) is 26.7 Å². The molecule has 1 heterocycles. The van der Waals surface area contributed by atoms with Crippen LogP contribution < -0.4 is 0 Å². The molecule has 0 radical (unpaired) electrons. The van der Waals surface area contributed by atoms with E-state index in [0.717, 1.165) is 45.4 Å². The van der Waals surface area contributed by atoms with Crippen molar-refractivity contribution in [3.63, 3.8) is 0 Å². The van der Waals surface area contributed by atoms with Crippen LogP contribution in [0.1, 0.15) is 31.7 Å². The Hall–Kier alpha value is -1.35. The summed E-state index contributed by atoms with van der Waals surface area (Å²) in [7, 11) is 1.94. The lowest BCUT2D eigenvalue weighted by Gasteiger charge is -2.21. The minimum absolute atomic E-state index is 0.195. The number of amides is 1. The van der Waals surface area contributed by atoms with Crippen molar-refractivity contribution in [3.8, 4) is 0 Å². The van der Waals surface area contributed by atoms with E-state index in [9.17, 15) is 4.79 Å². The minimum atomic E-state index is 0.195. The zero-order chi connectivity index (χ0) is 14.4. The molecule has 2 rings (SSSR count). The highest BCUT2D eigenvalue weighted by atomic mass is 16.2. The summed E-state index contributed by atoms with van der Waals surface area (Å²) in [5.41, 5.74) is 1.33. The van der Waals surface area contributed by atoms with Gasteiger partial charge in [-0.05, 0) is 24.9 Å². The van der Waals surface area contributed by atoms with Crippen LogP contribution in [0.2, 0.25) is 0 Å². The van der Waals surface area contributed by atoms with Crippen molar-refractivity contribution in [1.82, 2.24) is 9.80 Å². The molecule has 20 heavy (non-hydrogen) atoms. The zero-order valence-electron chi connectivity index (χ0n) is 12.7. The van der Waals surface area contributed by atoms with E-state index < -0.39 is 0 Å². The maximum Gasteiger partial charge on any atom is 0.226 e. The molecule has 1 fully saturated rings. The number of unbranched alkanes of at least 4 members (excludes halogenated alkanes) is 1. The molecule has 1 aliphatic rings. The van der Waals surface area contributed by atoms with Crippen LogP contribution in [0.15, 0.2) is 30.3 Å². The molecule has 1 aromatic carbocycles. The van der Waals surface area contributed by atoms with Gasteiger partial charge in [0.15, 0.2) is 0 Å². The molecule has 110 valence electrons. The molecule has 1 aromatic rings. The molecule has 3 heteroatoms. The van der Waals surface area contributed by atoms with Gasteiger partial charge in [0.2, 0.25) is 5.91 Å². The number of rotatable bonds is 6. The molecular weight excluding hydrogens is 248 g/mol. The molecule has 1 unspecified atom stereocenters. The summed E-state index contributed by atoms with van der Waals surface area (Å²) in [4.78, 5) is 16.7. The van der Waals surface area contributed by atoms with E-state index in [4.69, 9.17) is 0 Å². The maximum atomic E-state index is 12.3. The average molecular weight is 274 g/mol. The summed E-state index contributed by atoms with van der Waals surface area (Å²) < 4.78 is 0. The average Bonchev–Trinajstić information content (AvgIpc) is 2.93. The predicted octanol–water partition coefficient (Wildman–Crippen LogP) is 2.77. The topological polar surface area (TPSA) is 23.6 Å². The summed E-state index contributed by atoms with van der Waals surface area (Å²) in [6.45, 7) is 5.96. The Labute approximate surface area is 122 Å². The molecule has 1 aliphatic heterocycles. The SMILES string of the molecule is CCCCN(C)C(=O)C1CCN(Cc2ccccc2)C1. The Balaban J connectivity index is 1.81. The van der Waals surface area contributed by atoms with Crippen LogP contribution in [0.3, 0.4) is 0 Å². The highest BCUT2D eigenvalue weighted by Crippen LogP contribution is 2.20. The number of carbonyl (C=O) groups is 1. The van der Waals surface area contributed by atoms with Crippen LogP contribution >= 0.6 is 0 Å². The lowest BCUT2D eigenvalue weighted by molar-refractivity contribution is -0.133. The molecule has 1 saturated heterocycles. The van der Waals surface area contributed by atoms with Crippen molar-refractivity contribution in [3.05, 3.63) is 35.9 Å². The third kappa shape index (κ3) is 4.07. The monoisotopic (exact) mass is 274 g/mol. The summed E-state index contributed by atoms with van der Waals surface area (Å²) in [6, 6.07) is 10.5. The summed E-state index contributed by atoms with van der Waals surface area (Å²) in [6.07, 6.45) is 3.24.